The van der Waals surface area contributed by atoms with Crippen molar-refractivity contribution in [2.45, 2.75) is 0 Å². The second-order valence-corrected chi connectivity index (χ2v) is 2.74. The third-order valence-corrected chi connectivity index (χ3v) is 1.76. The fourth-order valence-electron chi connectivity index (χ4n) is 0.632. The van der Waals surface area contributed by atoms with E-state index in [2.05, 4.69) is 15.0 Å². The van der Waals surface area contributed by atoms with Crippen LogP contribution in [0.3, 0.4) is 0 Å². The highest BCUT2D eigenvalue weighted by atomic mass is 32.1. The summed E-state index contributed by atoms with van der Waals surface area (Å²) in [5.41, 5.74) is 5.95. The van der Waals surface area contributed by atoms with Crippen LogP contribution in [-0.4, -0.2) is 24.1 Å². The van der Waals surface area contributed by atoms with E-state index in [1.807, 2.05) is 0 Å². The van der Waals surface area contributed by atoms with Crippen molar-refractivity contribution in [2.75, 3.05) is 12.8 Å². The number of aromatic nitrogens is 1. The lowest BCUT2D eigenvalue weighted by atomic mass is 10.3. The number of thiazole rings is 1. The molecule has 0 spiro atoms. The normalized spacial score (nSPS) is 11.2. The molecule has 1 rings (SSSR count). The lowest BCUT2D eigenvalue weighted by molar-refractivity contribution is -0.102. The SMILES string of the molecule is CO/N=C(\C=O)c1csc(N)n1. The van der Waals surface area contributed by atoms with Crippen molar-refractivity contribution in [3.05, 3.63) is 11.1 Å². The number of nitrogens with zero attached hydrogens (tertiary/aromatic N) is 2. The Balaban J connectivity index is 2.94. The highest BCUT2D eigenvalue weighted by Crippen LogP contribution is 2.11. The maximum atomic E-state index is 10.4. The van der Waals surface area contributed by atoms with E-state index >= 15 is 0 Å². The van der Waals surface area contributed by atoms with Gasteiger partial charge in [0.25, 0.3) is 0 Å². The molecule has 0 aliphatic carbocycles. The largest absolute Gasteiger partial charge is 0.398 e. The van der Waals surface area contributed by atoms with Crippen molar-refractivity contribution in [1.29, 1.82) is 0 Å². The van der Waals surface area contributed by atoms with Gasteiger partial charge >= 0.3 is 0 Å². The van der Waals surface area contributed by atoms with Gasteiger partial charge in [0.1, 0.15) is 12.8 Å². The van der Waals surface area contributed by atoms with Gasteiger partial charge in [0, 0.05) is 5.38 Å². The minimum Gasteiger partial charge on any atom is -0.398 e. The van der Waals surface area contributed by atoms with Crippen LogP contribution in [0.1, 0.15) is 5.69 Å². The number of aldehydes is 1. The molecule has 0 radical (unpaired) electrons. The van der Waals surface area contributed by atoms with Gasteiger partial charge in [-0.1, -0.05) is 5.16 Å². The van der Waals surface area contributed by atoms with Crippen molar-refractivity contribution in [2.24, 2.45) is 5.16 Å². The van der Waals surface area contributed by atoms with Crippen molar-refractivity contribution in [3.8, 4) is 0 Å². The molecule has 1 aromatic heterocycles. The molecular formula is C6H7N3O2S. The lowest BCUT2D eigenvalue weighted by Crippen LogP contribution is -2.03. The number of rotatable bonds is 3. The molecule has 0 aliphatic heterocycles. The smallest absolute Gasteiger partial charge is 0.180 e. The van der Waals surface area contributed by atoms with Gasteiger partial charge in [0.05, 0.1) is 0 Å². The first-order chi connectivity index (χ1) is 5.77. The quantitative estimate of drug-likeness (QED) is 0.416. The summed E-state index contributed by atoms with van der Waals surface area (Å²) < 4.78 is 0. The second kappa shape index (κ2) is 3.82. The van der Waals surface area contributed by atoms with Crippen LogP contribution >= 0.6 is 11.3 Å². The van der Waals surface area contributed by atoms with Gasteiger partial charge in [-0.05, 0) is 0 Å². The number of carbonyl (C=O) groups is 1. The molecule has 0 aliphatic rings. The zero-order chi connectivity index (χ0) is 8.97. The van der Waals surface area contributed by atoms with Gasteiger partial charge in [-0.15, -0.1) is 11.3 Å². The molecule has 2 N–H and O–H groups in total. The van der Waals surface area contributed by atoms with Crippen LogP contribution in [0.5, 0.6) is 0 Å². The van der Waals surface area contributed by atoms with E-state index in [0.717, 1.165) is 0 Å². The monoisotopic (exact) mass is 185 g/mol. The molecule has 6 heteroatoms. The Labute approximate surface area is 72.9 Å². The van der Waals surface area contributed by atoms with Crippen LogP contribution in [0.15, 0.2) is 10.5 Å². The molecule has 0 saturated heterocycles. The molecule has 12 heavy (non-hydrogen) atoms. The topological polar surface area (TPSA) is 77.6 Å². The van der Waals surface area contributed by atoms with E-state index in [0.29, 0.717) is 17.1 Å². The van der Waals surface area contributed by atoms with Gasteiger partial charge in [-0.2, -0.15) is 0 Å². The Morgan fingerprint density at radius 1 is 1.92 bits per heavy atom. The summed E-state index contributed by atoms with van der Waals surface area (Å²) in [5.74, 6) is 0. The Hall–Kier alpha value is -1.43. The molecule has 0 unspecified atom stereocenters. The molecule has 0 saturated carbocycles. The Bertz CT molecular complexity index is 307. The molecule has 0 amide bonds. The molecule has 0 aromatic carbocycles. The number of nitrogens with two attached hydrogens (primary N) is 1. The third kappa shape index (κ3) is 1.79. The summed E-state index contributed by atoms with van der Waals surface area (Å²) in [6, 6.07) is 0. The average Bonchev–Trinajstić information content (AvgIpc) is 2.47. The lowest BCUT2D eigenvalue weighted by Gasteiger charge is -1.90. The van der Waals surface area contributed by atoms with Crippen LogP contribution in [0.2, 0.25) is 0 Å². The molecule has 5 nitrogen and oxygen atoms in total. The molecular weight excluding hydrogens is 178 g/mol. The first-order valence-corrected chi connectivity index (χ1v) is 3.93. The van der Waals surface area contributed by atoms with E-state index in [9.17, 15) is 4.79 Å². The van der Waals surface area contributed by atoms with Crippen molar-refractivity contribution in [3.63, 3.8) is 0 Å². The Kier molecular flexibility index (Phi) is 2.76. The number of hydrogen-bond donors (Lipinski definition) is 1. The van der Waals surface area contributed by atoms with E-state index < -0.39 is 0 Å². The maximum Gasteiger partial charge on any atom is 0.180 e. The minimum atomic E-state index is 0.144. The van der Waals surface area contributed by atoms with E-state index in [1.165, 1.54) is 18.4 Å². The maximum absolute atomic E-state index is 10.4. The minimum absolute atomic E-state index is 0.144. The summed E-state index contributed by atoms with van der Waals surface area (Å²) in [4.78, 5) is 18.7. The van der Waals surface area contributed by atoms with E-state index in [-0.39, 0.29) is 5.71 Å². The van der Waals surface area contributed by atoms with Crippen molar-refractivity contribution in [1.82, 2.24) is 4.98 Å². The van der Waals surface area contributed by atoms with E-state index in [1.54, 1.807) is 5.38 Å². The van der Waals surface area contributed by atoms with Crippen LogP contribution in [-0.2, 0) is 9.63 Å². The van der Waals surface area contributed by atoms with Gasteiger partial charge in [0.15, 0.2) is 17.1 Å². The predicted molar refractivity (Wildman–Crippen MR) is 46.1 cm³/mol. The number of anilines is 1. The van der Waals surface area contributed by atoms with Crippen LogP contribution < -0.4 is 5.73 Å². The molecule has 0 atom stereocenters. The van der Waals surface area contributed by atoms with Crippen LogP contribution in [0, 0.1) is 0 Å². The first kappa shape index (κ1) is 8.66. The van der Waals surface area contributed by atoms with Crippen LogP contribution in [0.4, 0.5) is 5.13 Å². The highest BCUT2D eigenvalue weighted by Gasteiger charge is 2.06. The Morgan fingerprint density at radius 3 is 3.08 bits per heavy atom. The zero-order valence-corrected chi connectivity index (χ0v) is 7.17. The van der Waals surface area contributed by atoms with Gasteiger partial charge < -0.3 is 10.6 Å². The van der Waals surface area contributed by atoms with E-state index in [4.69, 9.17) is 5.73 Å². The van der Waals surface area contributed by atoms with Gasteiger partial charge in [0.2, 0.25) is 0 Å². The predicted octanol–water partition coefficient (Wildman–Crippen LogP) is 0.275. The molecule has 64 valence electrons. The standard InChI is InChI=1S/C6H7N3O2S/c1-11-9-4(2-10)5-3-12-6(7)8-5/h2-3H,1H3,(H2,7,8)/b9-4+. The number of hydrogen-bond acceptors (Lipinski definition) is 6. The zero-order valence-electron chi connectivity index (χ0n) is 6.35. The molecule has 1 heterocycles. The highest BCUT2D eigenvalue weighted by molar-refractivity contribution is 7.13. The van der Waals surface area contributed by atoms with Gasteiger partial charge in [-0.25, -0.2) is 4.98 Å². The average molecular weight is 185 g/mol. The summed E-state index contributed by atoms with van der Waals surface area (Å²) in [6.07, 6.45) is 0.567. The molecule has 1 aromatic rings. The Morgan fingerprint density at radius 2 is 2.67 bits per heavy atom. The fraction of sp³-hybridized carbons (Fsp3) is 0.167. The summed E-state index contributed by atoms with van der Waals surface area (Å²) in [7, 11) is 1.36. The first-order valence-electron chi connectivity index (χ1n) is 3.05. The molecule has 0 fully saturated rings. The second-order valence-electron chi connectivity index (χ2n) is 1.85. The third-order valence-electron chi connectivity index (χ3n) is 1.09. The number of nitrogen functional groups attached to an aromatic ring is 1. The van der Waals surface area contributed by atoms with Gasteiger partial charge in [-0.3, -0.25) is 4.79 Å². The summed E-state index contributed by atoms with van der Waals surface area (Å²) >= 11 is 1.25. The fourth-order valence-corrected chi connectivity index (χ4v) is 1.19. The van der Waals surface area contributed by atoms with Crippen molar-refractivity contribution >= 4 is 28.5 Å². The summed E-state index contributed by atoms with van der Waals surface area (Å²) in [5, 5.41) is 5.50. The summed E-state index contributed by atoms with van der Waals surface area (Å²) in [6.45, 7) is 0. The van der Waals surface area contributed by atoms with Crippen molar-refractivity contribution < 1.29 is 9.63 Å². The number of oxime groups is 1. The number of carbonyl (C=O) groups excluding carboxylic acids is 1. The van der Waals surface area contributed by atoms with Crippen LogP contribution in [0.25, 0.3) is 0 Å². The molecule has 0 bridgehead atoms.